The number of nitrogens with zero attached hydrogens (tertiary/aromatic N) is 3. The van der Waals surface area contributed by atoms with E-state index in [0.29, 0.717) is 12.2 Å². The Balaban J connectivity index is 1.94. The molecule has 0 atom stereocenters. The Morgan fingerprint density at radius 3 is 2.62 bits per heavy atom. The molecule has 1 heterocycles. The maximum Gasteiger partial charge on any atom is 0.216 e. The van der Waals surface area contributed by atoms with E-state index in [1.54, 1.807) is 12.1 Å². The van der Waals surface area contributed by atoms with Gasteiger partial charge in [-0.3, -0.25) is 5.10 Å². The van der Waals surface area contributed by atoms with Crippen LogP contribution in [0.25, 0.3) is 0 Å². The van der Waals surface area contributed by atoms with E-state index < -0.39 is 5.75 Å². The number of hydrogen-bond donors (Lipinski definition) is 3. The van der Waals surface area contributed by atoms with Crippen molar-refractivity contribution >= 4 is 41.6 Å². The number of aromatic amines is 1. The van der Waals surface area contributed by atoms with Crippen molar-refractivity contribution in [3.63, 3.8) is 0 Å². The van der Waals surface area contributed by atoms with Crippen LogP contribution in [0.3, 0.4) is 0 Å². The molecule has 134 valence electrons. The van der Waals surface area contributed by atoms with E-state index in [4.69, 9.17) is 35.4 Å². The average molecular weight is 413 g/mol. The van der Waals surface area contributed by atoms with Gasteiger partial charge in [0.05, 0.1) is 11.2 Å². The Morgan fingerprint density at radius 2 is 1.92 bits per heavy atom. The summed E-state index contributed by atoms with van der Waals surface area (Å²) in [5.74, 6) is -0.636. The highest BCUT2D eigenvalue weighted by Gasteiger charge is 2.14. The summed E-state index contributed by atoms with van der Waals surface area (Å²) in [7, 11) is 0. The topological polar surface area (TPSA) is 86.4 Å². The van der Waals surface area contributed by atoms with Gasteiger partial charge in [0.25, 0.3) is 0 Å². The lowest BCUT2D eigenvalue weighted by Gasteiger charge is -2.06. The third-order valence-corrected chi connectivity index (χ3v) is 4.41. The maximum absolute atomic E-state index is 13.0. The monoisotopic (exact) mass is 412 g/mol. The molecule has 0 spiro atoms. The third-order valence-electron chi connectivity index (χ3n) is 3.50. The Morgan fingerprint density at radius 1 is 1.23 bits per heavy atom. The second-order valence-electron chi connectivity index (χ2n) is 5.26. The number of halogens is 3. The van der Waals surface area contributed by atoms with E-state index >= 15 is 0 Å². The molecular formula is C16H11Cl2FN4O2S. The number of H-pyrrole nitrogens is 1. The highest BCUT2D eigenvalue weighted by atomic mass is 35.5. The van der Waals surface area contributed by atoms with E-state index in [9.17, 15) is 14.6 Å². The highest BCUT2D eigenvalue weighted by molar-refractivity contribution is 7.71. The van der Waals surface area contributed by atoms with Crippen molar-refractivity contribution in [2.75, 3.05) is 0 Å². The lowest BCUT2D eigenvalue weighted by molar-refractivity contribution is 0.450. The van der Waals surface area contributed by atoms with Crippen molar-refractivity contribution in [1.29, 1.82) is 0 Å². The molecule has 3 aromatic rings. The van der Waals surface area contributed by atoms with Crippen LogP contribution in [0.4, 0.5) is 4.39 Å². The van der Waals surface area contributed by atoms with Crippen LogP contribution < -0.4 is 0 Å². The summed E-state index contributed by atoms with van der Waals surface area (Å²) in [6.45, 7) is 0. The molecule has 2 aromatic carbocycles. The van der Waals surface area contributed by atoms with Gasteiger partial charge in [0.1, 0.15) is 16.6 Å². The van der Waals surface area contributed by atoms with Crippen LogP contribution in [0.5, 0.6) is 11.5 Å². The minimum absolute atomic E-state index is 0.0309. The molecule has 1 aromatic heterocycles. The molecule has 0 amide bonds. The second kappa shape index (κ2) is 7.45. The SMILES string of the molecule is Oc1c(Cl)cc(/C=N\n2c(Cc3ccc(F)cc3)n[nH]c2=S)c(O)c1Cl. The quantitative estimate of drug-likeness (QED) is 0.441. The first kappa shape index (κ1) is 18.4. The zero-order chi connectivity index (χ0) is 18.8. The Labute approximate surface area is 162 Å². The van der Waals surface area contributed by atoms with E-state index in [0.717, 1.165) is 5.56 Å². The minimum Gasteiger partial charge on any atom is -0.506 e. The van der Waals surface area contributed by atoms with E-state index in [-0.39, 0.29) is 31.9 Å². The van der Waals surface area contributed by atoms with Crippen LogP contribution >= 0.6 is 35.4 Å². The Hall–Kier alpha value is -2.42. The first-order chi connectivity index (χ1) is 12.4. The smallest absolute Gasteiger partial charge is 0.216 e. The molecule has 0 aliphatic heterocycles. The zero-order valence-corrected chi connectivity index (χ0v) is 15.3. The number of hydrogen-bond acceptors (Lipinski definition) is 5. The van der Waals surface area contributed by atoms with Crippen LogP contribution in [0.15, 0.2) is 35.4 Å². The normalized spacial score (nSPS) is 11.3. The molecule has 0 aliphatic carbocycles. The highest BCUT2D eigenvalue weighted by Crippen LogP contribution is 2.40. The lowest BCUT2D eigenvalue weighted by atomic mass is 10.1. The summed E-state index contributed by atoms with van der Waals surface area (Å²) in [6.07, 6.45) is 1.64. The summed E-state index contributed by atoms with van der Waals surface area (Å²) < 4.78 is 14.6. The molecule has 0 bridgehead atoms. The molecule has 0 saturated carbocycles. The van der Waals surface area contributed by atoms with Crippen LogP contribution in [-0.4, -0.2) is 31.3 Å². The van der Waals surface area contributed by atoms with Gasteiger partial charge in [-0.2, -0.15) is 14.9 Å². The van der Waals surface area contributed by atoms with Crippen molar-refractivity contribution in [1.82, 2.24) is 14.9 Å². The van der Waals surface area contributed by atoms with Gasteiger partial charge in [-0.05, 0) is 36.0 Å². The number of phenols is 2. The molecule has 3 rings (SSSR count). The van der Waals surface area contributed by atoms with Crippen LogP contribution in [0.2, 0.25) is 10.0 Å². The first-order valence-electron chi connectivity index (χ1n) is 7.22. The number of aromatic hydroxyl groups is 2. The third kappa shape index (κ3) is 3.72. The predicted octanol–water partition coefficient (Wildman–Crippen LogP) is 4.27. The number of aromatic nitrogens is 3. The number of rotatable bonds is 4. The molecule has 26 heavy (non-hydrogen) atoms. The number of benzene rings is 2. The fraction of sp³-hybridized carbons (Fsp3) is 0.0625. The minimum atomic E-state index is -0.417. The molecule has 0 saturated heterocycles. The average Bonchev–Trinajstić information content (AvgIpc) is 2.97. The summed E-state index contributed by atoms with van der Waals surface area (Å²) >= 11 is 16.8. The fourth-order valence-corrected chi connectivity index (χ4v) is 2.85. The molecule has 0 radical (unpaired) electrons. The lowest BCUT2D eigenvalue weighted by Crippen LogP contribution is -2.00. The van der Waals surface area contributed by atoms with E-state index in [1.165, 1.54) is 29.1 Å². The van der Waals surface area contributed by atoms with Gasteiger partial charge >= 0.3 is 0 Å². The molecule has 0 fully saturated rings. The Bertz CT molecular complexity index is 1050. The summed E-state index contributed by atoms with van der Waals surface area (Å²) in [5.41, 5.74) is 1.00. The van der Waals surface area contributed by atoms with Crippen LogP contribution in [-0.2, 0) is 6.42 Å². The Kier molecular flexibility index (Phi) is 5.26. The van der Waals surface area contributed by atoms with E-state index in [1.807, 2.05) is 0 Å². The van der Waals surface area contributed by atoms with Gasteiger partial charge in [-0.15, -0.1) is 0 Å². The van der Waals surface area contributed by atoms with Crippen molar-refractivity contribution in [2.45, 2.75) is 6.42 Å². The molecule has 0 unspecified atom stereocenters. The summed E-state index contributed by atoms with van der Waals surface area (Å²) in [5, 5.41) is 30.2. The molecule has 0 aliphatic rings. The largest absolute Gasteiger partial charge is 0.506 e. The zero-order valence-electron chi connectivity index (χ0n) is 12.9. The van der Waals surface area contributed by atoms with Crippen molar-refractivity contribution in [3.05, 3.63) is 67.9 Å². The first-order valence-corrected chi connectivity index (χ1v) is 8.38. The van der Waals surface area contributed by atoms with Crippen LogP contribution in [0.1, 0.15) is 17.0 Å². The molecule has 3 N–H and O–H groups in total. The van der Waals surface area contributed by atoms with Crippen molar-refractivity contribution < 1.29 is 14.6 Å². The number of phenolic OH excluding ortho intramolecular Hbond substituents is 2. The van der Waals surface area contributed by atoms with Crippen molar-refractivity contribution in [3.8, 4) is 11.5 Å². The maximum atomic E-state index is 13.0. The van der Waals surface area contributed by atoms with Crippen molar-refractivity contribution in [2.24, 2.45) is 5.10 Å². The van der Waals surface area contributed by atoms with Gasteiger partial charge in [0.2, 0.25) is 4.77 Å². The summed E-state index contributed by atoms with van der Waals surface area (Å²) in [4.78, 5) is 0. The predicted molar refractivity (Wildman–Crippen MR) is 99.4 cm³/mol. The van der Waals surface area contributed by atoms with Gasteiger partial charge in [0, 0.05) is 12.0 Å². The summed E-state index contributed by atoms with van der Waals surface area (Å²) in [6, 6.07) is 7.27. The molecular weight excluding hydrogens is 402 g/mol. The molecule has 6 nitrogen and oxygen atoms in total. The number of nitrogens with one attached hydrogen (secondary N) is 1. The second-order valence-corrected chi connectivity index (χ2v) is 6.44. The fourth-order valence-electron chi connectivity index (χ4n) is 2.18. The van der Waals surface area contributed by atoms with Crippen LogP contribution in [0, 0.1) is 10.6 Å². The molecule has 10 heteroatoms. The standard InChI is InChI=1S/C16H11Cl2FN4O2S/c17-11-6-9(14(24)13(18)15(11)25)7-20-23-12(21-22-16(23)26)5-8-1-3-10(19)4-2-8/h1-4,6-7,24-25H,5H2,(H,22,26)/b20-7-. The van der Waals surface area contributed by atoms with Gasteiger partial charge < -0.3 is 10.2 Å². The van der Waals surface area contributed by atoms with E-state index in [2.05, 4.69) is 15.3 Å². The van der Waals surface area contributed by atoms with Gasteiger partial charge in [0.15, 0.2) is 11.6 Å². The van der Waals surface area contributed by atoms with Gasteiger partial charge in [-0.25, -0.2) is 4.39 Å². The van der Waals surface area contributed by atoms with Gasteiger partial charge in [-0.1, -0.05) is 35.3 Å².